The van der Waals surface area contributed by atoms with Gasteiger partial charge in [-0.15, -0.1) is 11.3 Å². The number of fused-ring (bicyclic) bond motifs is 15. The Hall–Kier alpha value is -10.0. The number of benzene rings is 11. The number of aromatic nitrogens is 5. The summed E-state index contributed by atoms with van der Waals surface area (Å²) in [5.74, 6) is 0.970. The van der Waals surface area contributed by atoms with Gasteiger partial charge in [0.05, 0.1) is 48.8 Å². The number of rotatable bonds is 6. The summed E-state index contributed by atoms with van der Waals surface area (Å²) < 4.78 is 12.0. The maximum atomic E-state index is 5.08. The second-order valence-corrected chi connectivity index (χ2v) is 21.3. The molecule has 17 aromatic rings. The van der Waals surface area contributed by atoms with Gasteiger partial charge < -0.3 is 13.7 Å². The molecule has 0 spiro atoms. The number of pyridine rings is 1. The van der Waals surface area contributed by atoms with Gasteiger partial charge in [-0.25, -0.2) is 4.98 Å². The molecular formula is C71H43N5S. The average molecular weight is 998 g/mol. The zero-order valence-electron chi connectivity index (χ0n) is 41.5. The third-order valence-corrected chi connectivity index (χ3v) is 17.4. The van der Waals surface area contributed by atoms with Gasteiger partial charge in [0.15, 0.2) is 5.82 Å². The van der Waals surface area contributed by atoms with Gasteiger partial charge in [-0.05, 0) is 125 Å². The van der Waals surface area contributed by atoms with E-state index in [1.165, 1.54) is 130 Å². The Morgan fingerprint density at radius 3 is 1.27 bits per heavy atom. The number of nitrogens with zero attached hydrogens (tertiary/aromatic N) is 5. The highest BCUT2D eigenvalue weighted by Crippen LogP contribution is 2.44. The van der Waals surface area contributed by atoms with Crippen LogP contribution in [0.5, 0.6) is 0 Å². The number of thiophene rings is 1. The lowest BCUT2D eigenvalue weighted by atomic mass is 9.98. The van der Waals surface area contributed by atoms with Crippen molar-refractivity contribution in [1.82, 2.24) is 23.3 Å². The fraction of sp³-hybridized carbons (Fsp3) is 0. The molecule has 6 heteroatoms. The first-order chi connectivity index (χ1) is 38.2. The molecule has 0 saturated heterocycles. The Bertz CT molecular complexity index is 5170. The van der Waals surface area contributed by atoms with E-state index in [9.17, 15) is 0 Å². The van der Waals surface area contributed by atoms with Crippen molar-refractivity contribution >= 4 is 119 Å². The first-order valence-corrected chi connectivity index (χ1v) is 27.1. The normalized spacial score (nSPS) is 12.2. The van der Waals surface area contributed by atoms with E-state index in [4.69, 9.17) is 4.98 Å². The minimum atomic E-state index is 0.970. The van der Waals surface area contributed by atoms with Gasteiger partial charge in [0.25, 0.3) is 0 Å². The molecule has 0 saturated carbocycles. The van der Waals surface area contributed by atoms with Gasteiger partial charge in [-0.3, -0.25) is 4.57 Å². The molecular weight excluding hydrogens is 955 g/mol. The van der Waals surface area contributed by atoms with Crippen molar-refractivity contribution in [1.29, 1.82) is 0 Å². The quantitative estimate of drug-likeness (QED) is 0.163. The predicted octanol–water partition coefficient (Wildman–Crippen LogP) is 19.2. The molecule has 0 N–H and O–H groups in total. The van der Waals surface area contributed by atoms with Crippen LogP contribution >= 0.6 is 11.3 Å². The molecule has 0 amide bonds. The van der Waals surface area contributed by atoms with E-state index in [2.05, 4.69) is 273 Å². The monoisotopic (exact) mass is 997 g/mol. The number of para-hydroxylation sites is 6. The Morgan fingerprint density at radius 2 is 0.701 bits per heavy atom. The summed E-state index contributed by atoms with van der Waals surface area (Å²) in [4.78, 5) is 5.08. The first-order valence-electron chi connectivity index (χ1n) is 26.3. The fourth-order valence-electron chi connectivity index (χ4n) is 12.9. The van der Waals surface area contributed by atoms with Crippen LogP contribution in [0.1, 0.15) is 0 Å². The van der Waals surface area contributed by atoms with Gasteiger partial charge in [0.1, 0.15) is 0 Å². The van der Waals surface area contributed by atoms with Crippen molar-refractivity contribution in [3.05, 3.63) is 261 Å². The van der Waals surface area contributed by atoms with Crippen molar-refractivity contribution in [2.45, 2.75) is 0 Å². The topological polar surface area (TPSA) is 32.6 Å². The zero-order chi connectivity index (χ0) is 50.3. The molecule has 0 aliphatic carbocycles. The summed E-state index contributed by atoms with van der Waals surface area (Å²) in [6, 6.07) is 93.5. The molecule has 0 unspecified atom stereocenters. The molecule has 11 aromatic carbocycles. The van der Waals surface area contributed by atoms with Crippen LogP contribution in [-0.2, 0) is 0 Å². The molecule has 0 radical (unpaired) electrons. The van der Waals surface area contributed by atoms with Crippen molar-refractivity contribution in [3.63, 3.8) is 0 Å². The van der Waals surface area contributed by atoms with Crippen LogP contribution < -0.4 is 0 Å². The van der Waals surface area contributed by atoms with E-state index >= 15 is 0 Å². The Labute approximate surface area is 445 Å². The molecule has 5 nitrogen and oxygen atoms in total. The minimum Gasteiger partial charge on any atom is -0.309 e. The molecule has 0 atom stereocenters. The lowest BCUT2D eigenvalue weighted by Gasteiger charge is -2.12. The van der Waals surface area contributed by atoms with Crippen molar-refractivity contribution in [2.75, 3.05) is 0 Å². The van der Waals surface area contributed by atoms with Gasteiger partial charge >= 0.3 is 0 Å². The maximum Gasteiger partial charge on any atom is 0.155 e. The molecule has 6 heterocycles. The van der Waals surface area contributed by atoms with Crippen molar-refractivity contribution in [2.24, 2.45) is 0 Å². The fourth-order valence-corrected chi connectivity index (χ4v) is 14.0. The van der Waals surface area contributed by atoms with Gasteiger partial charge in [-0.2, -0.15) is 0 Å². The Kier molecular flexibility index (Phi) is 8.94. The van der Waals surface area contributed by atoms with E-state index in [1.54, 1.807) is 0 Å². The summed E-state index contributed by atoms with van der Waals surface area (Å²) >= 11 is 1.82. The summed E-state index contributed by atoms with van der Waals surface area (Å²) in [6.07, 6.45) is 1.98. The molecule has 0 aliphatic heterocycles. The molecule has 0 bridgehead atoms. The molecule has 17 rings (SSSR count). The second kappa shape index (κ2) is 16.2. The maximum absolute atomic E-state index is 5.08. The molecule has 6 aromatic heterocycles. The summed E-state index contributed by atoms with van der Waals surface area (Å²) in [5, 5.41) is 12.4. The molecule has 0 aliphatic rings. The summed E-state index contributed by atoms with van der Waals surface area (Å²) in [7, 11) is 0. The van der Waals surface area contributed by atoms with Crippen LogP contribution in [0.25, 0.3) is 153 Å². The number of hydrogen-bond acceptors (Lipinski definition) is 2. The summed E-state index contributed by atoms with van der Waals surface area (Å²) in [6.45, 7) is 0. The zero-order valence-corrected chi connectivity index (χ0v) is 42.3. The highest BCUT2D eigenvalue weighted by Gasteiger charge is 2.22. The molecule has 77 heavy (non-hydrogen) atoms. The minimum absolute atomic E-state index is 0.970. The van der Waals surface area contributed by atoms with Gasteiger partial charge in [0, 0.05) is 81.8 Å². The van der Waals surface area contributed by atoms with Crippen LogP contribution in [-0.4, -0.2) is 23.3 Å². The summed E-state index contributed by atoms with van der Waals surface area (Å²) in [5.41, 5.74) is 17.7. The van der Waals surface area contributed by atoms with Crippen LogP contribution in [0.3, 0.4) is 0 Å². The highest BCUT2D eigenvalue weighted by atomic mass is 32.1. The van der Waals surface area contributed by atoms with Crippen molar-refractivity contribution < 1.29 is 0 Å². The van der Waals surface area contributed by atoms with Gasteiger partial charge in [0.2, 0.25) is 0 Å². The van der Waals surface area contributed by atoms with Crippen LogP contribution in [0, 0.1) is 0 Å². The van der Waals surface area contributed by atoms with Crippen LogP contribution in [0.2, 0.25) is 0 Å². The molecule has 0 fully saturated rings. The van der Waals surface area contributed by atoms with E-state index in [0.717, 1.165) is 22.9 Å². The van der Waals surface area contributed by atoms with Gasteiger partial charge in [-0.1, -0.05) is 152 Å². The van der Waals surface area contributed by atoms with Crippen molar-refractivity contribution in [3.8, 4) is 45.1 Å². The molecule has 358 valence electrons. The second-order valence-electron chi connectivity index (χ2n) is 20.3. The van der Waals surface area contributed by atoms with E-state index in [-0.39, 0.29) is 0 Å². The smallest absolute Gasteiger partial charge is 0.155 e. The largest absolute Gasteiger partial charge is 0.309 e. The van der Waals surface area contributed by atoms with Crippen LogP contribution in [0.15, 0.2) is 261 Å². The average Bonchev–Trinajstić information content (AvgIpc) is 4.40. The lowest BCUT2D eigenvalue weighted by Crippen LogP contribution is -1.97. The standard InChI is InChI=1S/C71H43N5S/c1-7-21-60-51(14-1)52-15-2-8-22-61(52)73(60)47-33-28-44(29-34-47)45-30-35-48(36-31-45)74-65-26-12-6-19-57(65)69-50(20-13-27-67(69)74)46-32-38-66-58(42-46)55-18-5-9-23-62(55)75(66)49-37-39-68-59(43-49)56-40-41-72-71(70(56)77-68)76-63-24-10-3-16-53(63)54-17-4-11-25-64(54)76/h1-43H. The van der Waals surface area contributed by atoms with E-state index in [1.807, 2.05) is 17.5 Å². The SMILES string of the molecule is c1ccc2c(c1)c1ccccc1n2-c1ccc(-c2ccc(-n3c4ccccc4c4c(-c5ccc6c(c5)c5ccccc5n6-c5ccc6sc7c(-n8c9ccccc9c9ccccc98)nccc7c6c5)cccc43)cc2)cc1. The highest BCUT2D eigenvalue weighted by molar-refractivity contribution is 7.26. The van der Waals surface area contributed by atoms with Crippen LogP contribution in [0.4, 0.5) is 0 Å². The third kappa shape index (κ3) is 6.13. The predicted molar refractivity (Wildman–Crippen MR) is 325 cm³/mol. The first kappa shape index (κ1) is 42.4. The van der Waals surface area contributed by atoms with E-state index < -0.39 is 0 Å². The Balaban J connectivity index is 0.753. The Morgan fingerprint density at radius 1 is 0.273 bits per heavy atom. The third-order valence-electron chi connectivity index (χ3n) is 16.2. The lowest BCUT2D eigenvalue weighted by molar-refractivity contribution is 1.11. The van der Waals surface area contributed by atoms with E-state index in [0.29, 0.717) is 0 Å². The number of hydrogen-bond donors (Lipinski definition) is 0.